The lowest BCUT2D eigenvalue weighted by Crippen LogP contribution is -2.23. The molecule has 0 saturated carbocycles. The van der Waals surface area contributed by atoms with Crippen LogP contribution in [0.25, 0.3) is 17.4 Å². The van der Waals surface area contributed by atoms with Gasteiger partial charge in [0.1, 0.15) is 28.9 Å². The first-order valence-electron chi connectivity index (χ1n) is 8.90. The zero-order chi connectivity index (χ0) is 20.6. The molecule has 0 aliphatic heterocycles. The van der Waals surface area contributed by atoms with Gasteiger partial charge in [-0.15, -0.1) is 0 Å². The van der Waals surface area contributed by atoms with Crippen LogP contribution in [0.3, 0.4) is 0 Å². The first-order valence-corrected chi connectivity index (χ1v) is 8.90. The highest BCUT2D eigenvalue weighted by Crippen LogP contribution is 2.24. The van der Waals surface area contributed by atoms with Gasteiger partial charge in [0.2, 0.25) is 0 Å². The molecule has 0 unspecified atom stereocenters. The molecule has 3 aromatic rings. The summed E-state index contributed by atoms with van der Waals surface area (Å²) in [4.78, 5) is 23.9. The van der Waals surface area contributed by atoms with Gasteiger partial charge in [0.05, 0.1) is 25.0 Å². The average Bonchev–Trinajstić information content (AvgIpc) is 3.42. The Balaban J connectivity index is 1.70. The monoisotopic (exact) mass is 390 g/mol. The topological polar surface area (TPSA) is 105 Å². The Bertz CT molecular complexity index is 1050. The van der Waals surface area contributed by atoms with E-state index in [4.69, 9.17) is 13.6 Å². The van der Waals surface area contributed by atoms with Crippen molar-refractivity contribution in [1.82, 2.24) is 5.32 Å². The van der Waals surface area contributed by atoms with Crippen LogP contribution in [0.1, 0.15) is 28.8 Å². The third kappa shape index (κ3) is 5.02. The van der Waals surface area contributed by atoms with Gasteiger partial charge in [-0.1, -0.05) is 12.1 Å². The van der Waals surface area contributed by atoms with Gasteiger partial charge in [0.15, 0.2) is 0 Å². The summed E-state index contributed by atoms with van der Waals surface area (Å²) in [6.45, 7) is 2.24. The second-order valence-corrected chi connectivity index (χ2v) is 5.93. The summed E-state index contributed by atoms with van der Waals surface area (Å²) in [5, 5.41) is 11.9. The Kier molecular flexibility index (Phi) is 6.28. The zero-order valence-corrected chi connectivity index (χ0v) is 15.7. The molecule has 29 heavy (non-hydrogen) atoms. The van der Waals surface area contributed by atoms with Crippen molar-refractivity contribution in [3.63, 3.8) is 0 Å². The molecule has 0 saturated heterocycles. The Morgan fingerprint density at radius 1 is 1.17 bits per heavy atom. The second-order valence-electron chi connectivity index (χ2n) is 5.93. The Hall–Kier alpha value is -4.05. The van der Waals surface area contributed by atoms with Gasteiger partial charge in [-0.2, -0.15) is 5.26 Å². The second kappa shape index (κ2) is 9.24. The van der Waals surface area contributed by atoms with Crippen LogP contribution in [-0.2, 0) is 16.1 Å². The van der Waals surface area contributed by atoms with E-state index >= 15 is 0 Å². The van der Waals surface area contributed by atoms with E-state index in [2.05, 4.69) is 5.32 Å². The molecular formula is C22H18N2O5. The predicted molar refractivity (Wildman–Crippen MR) is 104 cm³/mol. The quantitative estimate of drug-likeness (QED) is 0.372. The summed E-state index contributed by atoms with van der Waals surface area (Å²) in [6, 6.07) is 15.5. The van der Waals surface area contributed by atoms with Crippen LogP contribution in [0.15, 0.2) is 69.2 Å². The molecule has 7 heteroatoms. The van der Waals surface area contributed by atoms with Crippen molar-refractivity contribution in [2.45, 2.75) is 13.5 Å². The lowest BCUT2D eigenvalue weighted by molar-refractivity contribution is -0.117. The van der Waals surface area contributed by atoms with Crippen LogP contribution in [0, 0.1) is 11.3 Å². The van der Waals surface area contributed by atoms with Crippen molar-refractivity contribution in [2.24, 2.45) is 0 Å². The largest absolute Gasteiger partial charge is 0.467 e. The number of esters is 1. The van der Waals surface area contributed by atoms with E-state index in [1.807, 2.05) is 6.07 Å². The summed E-state index contributed by atoms with van der Waals surface area (Å²) in [7, 11) is 0. The van der Waals surface area contributed by atoms with E-state index in [9.17, 15) is 14.9 Å². The minimum Gasteiger partial charge on any atom is -0.467 e. The maximum Gasteiger partial charge on any atom is 0.338 e. The van der Waals surface area contributed by atoms with Crippen molar-refractivity contribution >= 4 is 18.0 Å². The molecule has 2 aromatic heterocycles. The van der Waals surface area contributed by atoms with E-state index in [0.717, 1.165) is 5.56 Å². The van der Waals surface area contributed by atoms with Crippen LogP contribution in [-0.4, -0.2) is 18.5 Å². The first-order chi connectivity index (χ1) is 14.1. The number of nitrogens with zero attached hydrogens (tertiary/aromatic N) is 1. The molecule has 0 aliphatic carbocycles. The van der Waals surface area contributed by atoms with Gasteiger partial charge in [0.25, 0.3) is 5.91 Å². The zero-order valence-electron chi connectivity index (χ0n) is 15.7. The molecule has 3 rings (SSSR count). The smallest absolute Gasteiger partial charge is 0.338 e. The number of furan rings is 2. The van der Waals surface area contributed by atoms with Crippen molar-refractivity contribution in [3.05, 3.63) is 77.5 Å². The number of hydrogen-bond donors (Lipinski definition) is 1. The summed E-state index contributed by atoms with van der Waals surface area (Å²) in [5.41, 5.74) is 1.11. The maximum atomic E-state index is 12.2. The van der Waals surface area contributed by atoms with Crippen molar-refractivity contribution in [3.8, 4) is 17.4 Å². The lowest BCUT2D eigenvalue weighted by Gasteiger charge is -2.02. The van der Waals surface area contributed by atoms with Crippen LogP contribution in [0.5, 0.6) is 0 Å². The van der Waals surface area contributed by atoms with Gasteiger partial charge in [-0.25, -0.2) is 4.79 Å². The molecular weight excluding hydrogens is 372 g/mol. The van der Waals surface area contributed by atoms with Gasteiger partial charge in [-0.3, -0.25) is 4.79 Å². The number of amides is 1. The molecule has 1 N–H and O–H groups in total. The molecule has 2 heterocycles. The number of benzene rings is 1. The van der Waals surface area contributed by atoms with E-state index in [-0.39, 0.29) is 18.1 Å². The molecule has 1 aromatic carbocycles. The van der Waals surface area contributed by atoms with E-state index in [1.54, 1.807) is 55.5 Å². The first kappa shape index (κ1) is 19.7. The minimum absolute atomic E-state index is 0.0879. The van der Waals surface area contributed by atoms with Crippen molar-refractivity contribution in [2.75, 3.05) is 6.61 Å². The molecule has 0 fully saturated rings. The van der Waals surface area contributed by atoms with Gasteiger partial charge >= 0.3 is 5.97 Å². The molecule has 0 aliphatic rings. The number of hydrogen-bond acceptors (Lipinski definition) is 6. The number of nitriles is 1. The standard InChI is InChI=1S/C22H18N2O5/c1-2-27-22(26)16-7-5-15(6-8-16)20-10-9-18(29-20)12-17(13-23)21(25)24-14-19-4-3-11-28-19/h3-12H,2,14H2,1H3,(H,24,25). The highest BCUT2D eigenvalue weighted by atomic mass is 16.5. The minimum atomic E-state index is -0.527. The van der Waals surface area contributed by atoms with Crippen molar-refractivity contribution < 1.29 is 23.2 Å². The SMILES string of the molecule is CCOC(=O)c1ccc(-c2ccc(C=C(C#N)C(=O)NCc3ccco3)o2)cc1. The number of nitrogens with one attached hydrogen (secondary N) is 1. The maximum absolute atomic E-state index is 12.2. The predicted octanol–water partition coefficient (Wildman–Crippen LogP) is 3.94. The van der Waals surface area contributed by atoms with Gasteiger partial charge in [-0.05, 0) is 43.3 Å². The fourth-order valence-electron chi connectivity index (χ4n) is 2.54. The van der Waals surface area contributed by atoms with Gasteiger partial charge < -0.3 is 18.9 Å². The lowest BCUT2D eigenvalue weighted by atomic mass is 10.1. The summed E-state index contributed by atoms with van der Waals surface area (Å²) in [6.07, 6.45) is 2.88. The number of ether oxygens (including phenoxy) is 1. The highest BCUT2D eigenvalue weighted by molar-refractivity contribution is 6.01. The third-order valence-electron chi connectivity index (χ3n) is 3.96. The summed E-state index contributed by atoms with van der Waals surface area (Å²) >= 11 is 0. The van der Waals surface area contributed by atoms with Crippen LogP contribution in [0.2, 0.25) is 0 Å². The van der Waals surface area contributed by atoms with Crippen LogP contribution in [0.4, 0.5) is 0 Å². The molecule has 0 radical (unpaired) electrons. The van der Waals surface area contributed by atoms with E-state index in [1.165, 1.54) is 12.3 Å². The molecule has 0 spiro atoms. The number of rotatable bonds is 7. The average molecular weight is 390 g/mol. The van der Waals surface area contributed by atoms with Gasteiger partial charge in [0, 0.05) is 11.6 Å². The Labute approximate surface area is 167 Å². The Morgan fingerprint density at radius 3 is 2.62 bits per heavy atom. The summed E-state index contributed by atoms with van der Waals surface area (Å²) in [5.74, 6) is 0.572. The fourth-order valence-corrected chi connectivity index (χ4v) is 2.54. The summed E-state index contributed by atoms with van der Waals surface area (Å²) < 4.78 is 15.8. The fraction of sp³-hybridized carbons (Fsp3) is 0.136. The molecule has 1 amide bonds. The Morgan fingerprint density at radius 2 is 1.97 bits per heavy atom. The van der Waals surface area contributed by atoms with E-state index < -0.39 is 5.91 Å². The normalized spacial score (nSPS) is 11.0. The highest BCUT2D eigenvalue weighted by Gasteiger charge is 2.12. The number of carbonyl (C=O) groups excluding carboxylic acids is 2. The molecule has 0 atom stereocenters. The molecule has 146 valence electrons. The van der Waals surface area contributed by atoms with Crippen LogP contribution < -0.4 is 5.32 Å². The van der Waals surface area contributed by atoms with Crippen molar-refractivity contribution in [1.29, 1.82) is 5.26 Å². The van der Waals surface area contributed by atoms with Crippen LogP contribution >= 0.6 is 0 Å². The molecule has 7 nitrogen and oxygen atoms in total. The molecule has 0 bridgehead atoms. The third-order valence-corrected chi connectivity index (χ3v) is 3.96. The van der Waals surface area contributed by atoms with E-state index in [0.29, 0.717) is 29.5 Å². The number of carbonyl (C=O) groups is 2.